The lowest BCUT2D eigenvalue weighted by Gasteiger charge is -2.22. The van der Waals surface area contributed by atoms with Gasteiger partial charge in [-0.15, -0.1) is 13.2 Å². The van der Waals surface area contributed by atoms with Crippen LogP contribution in [0.4, 0.5) is 23.7 Å². The summed E-state index contributed by atoms with van der Waals surface area (Å²) < 4.78 is 40.4. The molecule has 6 nitrogen and oxygen atoms in total. The number of amides is 3. The molecule has 1 aliphatic rings. The molecule has 1 aliphatic heterocycles. The molecule has 0 radical (unpaired) electrons. The molecule has 0 spiro atoms. The van der Waals surface area contributed by atoms with Gasteiger partial charge in [-0.1, -0.05) is 18.2 Å². The molecule has 1 fully saturated rings. The van der Waals surface area contributed by atoms with Crippen LogP contribution in [0.5, 0.6) is 5.75 Å². The van der Waals surface area contributed by atoms with Crippen molar-refractivity contribution in [2.45, 2.75) is 12.8 Å². The third-order valence-corrected chi connectivity index (χ3v) is 4.43. The third kappa shape index (κ3) is 5.87. The summed E-state index contributed by atoms with van der Waals surface area (Å²) in [4.78, 5) is 28.3. The molecule has 154 valence electrons. The van der Waals surface area contributed by atoms with Crippen molar-refractivity contribution in [3.63, 3.8) is 0 Å². The Balaban J connectivity index is 1.55. The molecule has 2 aromatic carbocycles. The summed E-state index contributed by atoms with van der Waals surface area (Å²) in [5.41, 5.74) is 0.956. The van der Waals surface area contributed by atoms with E-state index in [1.807, 2.05) is 6.07 Å². The number of carbonyl (C=O) groups excluding carboxylic acids is 2. The van der Waals surface area contributed by atoms with Crippen molar-refractivity contribution in [1.29, 1.82) is 0 Å². The van der Waals surface area contributed by atoms with Crippen LogP contribution in [-0.2, 0) is 0 Å². The van der Waals surface area contributed by atoms with E-state index in [1.165, 1.54) is 12.1 Å². The maximum absolute atomic E-state index is 12.6. The fourth-order valence-electron chi connectivity index (χ4n) is 3.03. The average molecular weight is 407 g/mol. The molecule has 0 aliphatic carbocycles. The van der Waals surface area contributed by atoms with Crippen molar-refractivity contribution in [3.05, 3.63) is 60.2 Å². The van der Waals surface area contributed by atoms with Crippen LogP contribution < -0.4 is 10.1 Å². The highest BCUT2D eigenvalue weighted by atomic mass is 19.4. The number of anilines is 1. The Labute approximate surface area is 165 Å². The molecule has 1 heterocycles. The fraction of sp³-hybridized carbons (Fsp3) is 0.300. The lowest BCUT2D eigenvalue weighted by Crippen LogP contribution is -2.39. The highest BCUT2D eigenvalue weighted by molar-refractivity contribution is 5.94. The van der Waals surface area contributed by atoms with Gasteiger partial charge in [-0.05, 0) is 42.8 Å². The summed E-state index contributed by atoms with van der Waals surface area (Å²) in [5, 5.41) is 2.65. The Morgan fingerprint density at radius 1 is 0.862 bits per heavy atom. The SMILES string of the molecule is O=C(Nc1ccc(OC(F)(F)F)cc1)N1CCCN(C(=O)c2ccccc2)CC1. The molecule has 2 aromatic rings. The van der Waals surface area contributed by atoms with Crippen LogP contribution in [0.25, 0.3) is 0 Å². The Bertz CT molecular complexity index is 842. The number of benzene rings is 2. The van der Waals surface area contributed by atoms with E-state index in [4.69, 9.17) is 0 Å². The number of ether oxygens (including phenoxy) is 1. The van der Waals surface area contributed by atoms with Gasteiger partial charge in [-0.3, -0.25) is 4.79 Å². The first-order valence-electron chi connectivity index (χ1n) is 9.08. The molecular formula is C20H20F3N3O3. The number of carbonyl (C=O) groups is 2. The quantitative estimate of drug-likeness (QED) is 0.838. The van der Waals surface area contributed by atoms with Crippen molar-refractivity contribution in [3.8, 4) is 5.75 Å². The minimum atomic E-state index is -4.76. The van der Waals surface area contributed by atoms with Gasteiger partial charge in [0.15, 0.2) is 0 Å². The molecule has 0 atom stereocenters. The molecule has 29 heavy (non-hydrogen) atoms. The number of hydrogen-bond acceptors (Lipinski definition) is 3. The summed E-state index contributed by atoms with van der Waals surface area (Å²) in [7, 11) is 0. The molecule has 0 bridgehead atoms. The van der Waals surface area contributed by atoms with Crippen LogP contribution in [0.15, 0.2) is 54.6 Å². The van der Waals surface area contributed by atoms with Crippen LogP contribution in [0.1, 0.15) is 16.8 Å². The second-order valence-corrected chi connectivity index (χ2v) is 6.50. The van der Waals surface area contributed by atoms with Crippen LogP contribution in [0, 0.1) is 0 Å². The average Bonchev–Trinajstić information content (AvgIpc) is 2.95. The zero-order chi connectivity index (χ0) is 20.9. The fourth-order valence-corrected chi connectivity index (χ4v) is 3.03. The van der Waals surface area contributed by atoms with E-state index in [0.717, 1.165) is 12.1 Å². The van der Waals surface area contributed by atoms with Crippen molar-refractivity contribution in [2.24, 2.45) is 0 Å². The number of urea groups is 1. The predicted molar refractivity (Wildman–Crippen MR) is 101 cm³/mol. The number of rotatable bonds is 3. The molecule has 9 heteroatoms. The first-order valence-corrected chi connectivity index (χ1v) is 9.08. The lowest BCUT2D eigenvalue weighted by atomic mass is 10.2. The highest BCUT2D eigenvalue weighted by Gasteiger charge is 2.31. The number of alkyl halides is 3. The van der Waals surface area contributed by atoms with Crippen LogP contribution in [0.2, 0.25) is 0 Å². The monoisotopic (exact) mass is 407 g/mol. The largest absolute Gasteiger partial charge is 0.573 e. The topological polar surface area (TPSA) is 61.9 Å². The molecule has 0 aromatic heterocycles. The summed E-state index contributed by atoms with van der Waals surface area (Å²) in [6, 6.07) is 13.5. The van der Waals surface area contributed by atoms with Gasteiger partial charge >= 0.3 is 12.4 Å². The van der Waals surface area contributed by atoms with Gasteiger partial charge in [0.2, 0.25) is 0 Å². The zero-order valence-electron chi connectivity index (χ0n) is 15.5. The lowest BCUT2D eigenvalue weighted by molar-refractivity contribution is -0.274. The summed E-state index contributed by atoms with van der Waals surface area (Å²) in [5.74, 6) is -0.437. The minimum absolute atomic E-state index is 0.0758. The van der Waals surface area contributed by atoms with Gasteiger partial charge in [0.1, 0.15) is 5.75 Å². The van der Waals surface area contributed by atoms with Crippen LogP contribution in [-0.4, -0.2) is 54.3 Å². The van der Waals surface area contributed by atoms with Gasteiger partial charge in [0, 0.05) is 37.4 Å². The Morgan fingerprint density at radius 2 is 1.48 bits per heavy atom. The number of nitrogens with one attached hydrogen (secondary N) is 1. The first kappa shape index (κ1) is 20.5. The summed E-state index contributed by atoms with van der Waals surface area (Å²) >= 11 is 0. The van der Waals surface area contributed by atoms with E-state index in [9.17, 15) is 22.8 Å². The third-order valence-electron chi connectivity index (χ3n) is 4.43. The van der Waals surface area contributed by atoms with Crippen LogP contribution in [0.3, 0.4) is 0 Å². The van der Waals surface area contributed by atoms with E-state index in [1.54, 1.807) is 34.1 Å². The predicted octanol–water partition coefficient (Wildman–Crippen LogP) is 3.97. The number of halogens is 3. The molecule has 1 saturated heterocycles. The maximum atomic E-state index is 12.6. The standard InChI is InChI=1S/C20H20F3N3O3/c21-20(22,23)29-17-9-7-16(8-10-17)24-19(28)26-12-4-11-25(13-14-26)18(27)15-5-2-1-3-6-15/h1-3,5-10H,4,11-14H2,(H,24,28). The van der Waals surface area contributed by atoms with Crippen LogP contribution >= 0.6 is 0 Å². The smallest absolute Gasteiger partial charge is 0.406 e. The zero-order valence-corrected chi connectivity index (χ0v) is 15.5. The first-order chi connectivity index (χ1) is 13.8. The van der Waals surface area contributed by atoms with Gasteiger partial charge in [0.05, 0.1) is 0 Å². The number of hydrogen-bond donors (Lipinski definition) is 1. The molecule has 0 saturated carbocycles. The van der Waals surface area contributed by atoms with E-state index >= 15 is 0 Å². The van der Waals surface area contributed by atoms with Gasteiger partial charge in [-0.2, -0.15) is 0 Å². The van der Waals surface area contributed by atoms with Gasteiger partial charge in [0.25, 0.3) is 5.91 Å². The van der Waals surface area contributed by atoms with E-state index in [-0.39, 0.29) is 17.7 Å². The molecule has 3 rings (SSSR count). The van der Waals surface area contributed by atoms with Crippen molar-refractivity contribution in [2.75, 3.05) is 31.5 Å². The van der Waals surface area contributed by atoms with E-state index < -0.39 is 6.36 Å². The van der Waals surface area contributed by atoms with E-state index in [2.05, 4.69) is 10.1 Å². The minimum Gasteiger partial charge on any atom is -0.406 e. The van der Waals surface area contributed by atoms with Crippen molar-refractivity contribution in [1.82, 2.24) is 9.80 Å². The number of nitrogens with zero attached hydrogens (tertiary/aromatic N) is 2. The Kier molecular flexibility index (Phi) is 6.26. The molecule has 0 unspecified atom stereocenters. The summed E-state index contributed by atoms with van der Waals surface area (Å²) in [6.45, 7) is 1.78. The maximum Gasteiger partial charge on any atom is 0.573 e. The normalized spacial score (nSPS) is 14.9. The summed E-state index contributed by atoms with van der Waals surface area (Å²) in [6.07, 6.45) is -4.13. The van der Waals surface area contributed by atoms with Crippen molar-refractivity contribution < 1.29 is 27.5 Å². The molecule has 1 N–H and O–H groups in total. The Hall–Kier alpha value is -3.23. The van der Waals surface area contributed by atoms with E-state index in [0.29, 0.717) is 43.9 Å². The second-order valence-electron chi connectivity index (χ2n) is 6.50. The van der Waals surface area contributed by atoms with Crippen molar-refractivity contribution >= 4 is 17.6 Å². The Morgan fingerprint density at radius 3 is 2.14 bits per heavy atom. The molecule has 3 amide bonds. The molecular weight excluding hydrogens is 387 g/mol. The highest BCUT2D eigenvalue weighted by Crippen LogP contribution is 2.24. The van der Waals surface area contributed by atoms with Gasteiger partial charge in [-0.25, -0.2) is 4.79 Å². The second kappa shape index (κ2) is 8.85. The van der Waals surface area contributed by atoms with Gasteiger partial charge < -0.3 is 19.9 Å².